The normalized spacial score (nSPS) is 18.2. The monoisotopic (exact) mass is 288 g/mol. The number of aliphatic hydroxyl groups is 1. The molecule has 0 radical (unpaired) electrons. The molecule has 0 bridgehead atoms. The number of methoxy groups -OCH3 is 1. The van der Waals surface area contributed by atoms with Gasteiger partial charge in [0.05, 0.1) is 19.4 Å². The quantitative estimate of drug-likeness (QED) is 0.935. The minimum absolute atomic E-state index is 0.176. The van der Waals surface area contributed by atoms with E-state index in [-0.39, 0.29) is 6.10 Å². The third-order valence-corrected chi connectivity index (χ3v) is 3.79. The second kappa shape index (κ2) is 5.41. The highest BCUT2D eigenvalue weighted by molar-refractivity contribution is 5.49. The van der Waals surface area contributed by atoms with Crippen LogP contribution in [0.15, 0.2) is 24.5 Å². The largest absolute Gasteiger partial charge is 0.496 e. The summed E-state index contributed by atoms with van der Waals surface area (Å²) in [5, 5.41) is 14.6. The zero-order valence-corrected chi connectivity index (χ0v) is 12.5. The molecule has 1 aromatic carbocycles. The van der Waals surface area contributed by atoms with E-state index in [1.165, 1.54) is 0 Å². The lowest BCUT2D eigenvalue weighted by molar-refractivity contribution is 0.173. The molecule has 21 heavy (non-hydrogen) atoms. The standard InChI is InChI=1S/C16H20N2O3/c1-10-4-12-6-16(20-3)13(7-15(12)21-10)14(19)5-11-8-17-18(2)9-11/h6-10,14,19H,4-5H2,1-3H3. The molecule has 1 aliphatic rings. The third-order valence-electron chi connectivity index (χ3n) is 3.79. The van der Waals surface area contributed by atoms with Crippen LogP contribution in [0.5, 0.6) is 11.5 Å². The molecule has 1 aliphatic heterocycles. The van der Waals surface area contributed by atoms with Crippen LogP contribution in [0.2, 0.25) is 0 Å². The van der Waals surface area contributed by atoms with Crippen molar-refractivity contribution in [1.29, 1.82) is 0 Å². The van der Waals surface area contributed by atoms with Gasteiger partial charge in [0.2, 0.25) is 0 Å². The van der Waals surface area contributed by atoms with E-state index in [9.17, 15) is 5.11 Å². The van der Waals surface area contributed by atoms with Gasteiger partial charge in [-0.1, -0.05) is 0 Å². The lowest BCUT2D eigenvalue weighted by Gasteiger charge is -2.16. The zero-order chi connectivity index (χ0) is 15.0. The van der Waals surface area contributed by atoms with Crippen LogP contribution >= 0.6 is 0 Å². The molecular formula is C16H20N2O3. The number of ether oxygens (including phenoxy) is 2. The summed E-state index contributed by atoms with van der Waals surface area (Å²) in [6.07, 6.45) is 4.58. The second-order valence-electron chi connectivity index (χ2n) is 5.58. The van der Waals surface area contributed by atoms with Gasteiger partial charge in [-0.05, 0) is 24.6 Å². The van der Waals surface area contributed by atoms with E-state index in [4.69, 9.17) is 9.47 Å². The average Bonchev–Trinajstić information content (AvgIpc) is 3.01. The maximum absolute atomic E-state index is 10.5. The Bertz CT molecular complexity index is 651. The summed E-state index contributed by atoms with van der Waals surface area (Å²) in [6.45, 7) is 2.04. The number of rotatable bonds is 4. The fraction of sp³-hybridized carbons (Fsp3) is 0.438. The number of nitrogens with zero attached hydrogens (tertiary/aromatic N) is 2. The SMILES string of the molecule is COc1cc2c(cc1C(O)Cc1cnn(C)c1)OC(C)C2. The number of hydrogen-bond donors (Lipinski definition) is 1. The molecule has 2 unspecified atom stereocenters. The Morgan fingerprint density at radius 1 is 1.52 bits per heavy atom. The van der Waals surface area contributed by atoms with Crippen molar-refractivity contribution in [3.8, 4) is 11.5 Å². The predicted octanol–water partition coefficient (Wildman–Crippen LogP) is 2.03. The third kappa shape index (κ3) is 2.74. The van der Waals surface area contributed by atoms with Crippen molar-refractivity contribution in [2.24, 2.45) is 7.05 Å². The number of fused-ring (bicyclic) bond motifs is 1. The van der Waals surface area contributed by atoms with E-state index in [0.29, 0.717) is 12.2 Å². The first-order valence-corrected chi connectivity index (χ1v) is 7.10. The van der Waals surface area contributed by atoms with Gasteiger partial charge in [-0.15, -0.1) is 0 Å². The molecule has 0 saturated carbocycles. The van der Waals surface area contributed by atoms with Crippen LogP contribution in [0.25, 0.3) is 0 Å². The van der Waals surface area contributed by atoms with Gasteiger partial charge in [0, 0.05) is 37.2 Å². The Balaban J connectivity index is 1.88. The number of aromatic nitrogens is 2. The molecule has 2 heterocycles. The van der Waals surface area contributed by atoms with Crippen molar-refractivity contribution in [2.45, 2.75) is 32.0 Å². The maximum atomic E-state index is 10.5. The molecule has 0 amide bonds. The Labute approximate surface area is 124 Å². The maximum Gasteiger partial charge on any atom is 0.125 e. The predicted molar refractivity (Wildman–Crippen MR) is 78.7 cm³/mol. The molecule has 2 atom stereocenters. The number of aryl methyl sites for hydroxylation is 1. The molecule has 3 rings (SSSR count). The van der Waals surface area contributed by atoms with Gasteiger partial charge in [-0.3, -0.25) is 4.68 Å². The van der Waals surface area contributed by atoms with Gasteiger partial charge in [0.1, 0.15) is 17.6 Å². The minimum atomic E-state index is -0.644. The summed E-state index contributed by atoms with van der Waals surface area (Å²) < 4.78 is 12.9. The molecule has 1 N–H and O–H groups in total. The summed E-state index contributed by atoms with van der Waals surface area (Å²) in [4.78, 5) is 0. The molecule has 0 saturated heterocycles. The molecule has 1 aromatic heterocycles. The summed E-state index contributed by atoms with van der Waals surface area (Å²) in [7, 11) is 3.49. The van der Waals surface area contributed by atoms with Crippen LogP contribution in [0, 0.1) is 0 Å². The van der Waals surface area contributed by atoms with Crippen molar-refractivity contribution in [3.05, 3.63) is 41.2 Å². The van der Waals surface area contributed by atoms with Crippen LogP contribution < -0.4 is 9.47 Å². The van der Waals surface area contributed by atoms with Crippen LogP contribution in [0.3, 0.4) is 0 Å². The first kappa shape index (κ1) is 13.9. The van der Waals surface area contributed by atoms with Crippen LogP contribution in [-0.4, -0.2) is 28.1 Å². The van der Waals surface area contributed by atoms with Crippen LogP contribution in [0.4, 0.5) is 0 Å². The smallest absolute Gasteiger partial charge is 0.125 e. The van der Waals surface area contributed by atoms with Gasteiger partial charge in [0.15, 0.2) is 0 Å². The lowest BCUT2D eigenvalue weighted by Crippen LogP contribution is -2.05. The van der Waals surface area contributed by atoms with E-state index >= 15 is 0 Å². The molecule has 0 aliphatic carbocycles. The van der Waals surface area contributed by atoms with Gasteiger partial charge in [0.25, 0.3) is 0 Å². The van der Waals surface area contributed by atoms with Crippen molar-refractivity contribution < 1.29 is 14.6 Å². The summed E-state index contributed by atoms with van der Waals surface area (Å²) >= 11 is 0. The second-order valence-corrected chi connectivity index (χ2v) is 5.58. The molecule has 5 nitrogen and oxygen atoms in total. The first-order valence-electron chi connectivity index (χ1n) is 7.10. The number of hydrogen-bond acceptors (Lipinski definition) is 4. The van der Waals surface area contributed by atoms with Crippen molar-refractivity contribution in [2.75, 3.05) is 7.11 Å². The minimum Gasteiger partial charge on any atom is -0.496 e. The van der Waals surface area contributed by atoms with Crippen molar-refractivity contribution in [3.63, 3.8) is 0 Å². The van der Waals surface area contributed by atoms with Crippen LogP contribution in [-0.2, 0) is 19.9 Å². The average molecular weight is 288 g/mol. The molecular weight excluding hydrogens is 268 g/mol. The summed E-state index contributed by atoms with van der Waals surface area (Å²) in [5.74, 6) is 1.56. The highest BCUT2D eigenvalue weighted by Crippen LogP contribution is 2.38. The Hall–Kier alpha value is -2.01. The van der Waals surface area contributed by atoms with Gasteiger partial charge < -0.3 is 14.6 Å². The van der Waals surface area contributed by atoms with E-state index in [1.807, 2.05) is 32.3 Å². The van der Waals surface area contributed by atoms with E-state index in [2.05, 4.69) is 5.10 Å². The van der Waals surface area contributed by atoms with Gasteiger partial charge in [-0.2, -0.15) is 5.10 Å². The first-order chi connectivity index (χ1) is 10.1. The van der Waals surface area contributed by atoms with Gasteiger partial charge >= 0.3 is 0 Å². The lowest BCUT2D eigenvalue weighted by atomic mass is 9.99. The Kier molecular flexibility index (Phi) is 3.59. The van der Waals surface area contributed by atoms with E-state index in [0.717, 1.165) is 28.9 Å². The fourth-order valence-electron chi connectivity index (χ4n) is 2.80. The van der Waals surface area contributed by atoms with E-state index < -0.39 is 6.10 Å². The topological polar surface area (TPSA) is 56.5 Å². The Morgan fingerprint density at radius 3 is 3.00 bits per heavy atom. The molecule has 2 aromatic rings. The van der Waals surface area contributed by atoms with Crippen molar-refractivity contribution >= 4 is 0 Å². The highest BCUT2D eigenvalue weighted by Gasteiger charge is 2.24. The van der Waals surface area contributed by atoms with E-state index in [1.54, 1.807) is 18.0 Å². The van der Waals surface area contributed by atoms with Crippen molar-refractivity contribution in [1.82, 2.24) is 9.78 Å². The summed E-state index contributed by atoms with van der Waals surface area (Å²) in [6, 6.07) is 3.87. The molecule has 112 valence electrons. The number of aliphatic hydroxyl groups excluding tert-OH is 1. The highest BCUT2D eigenvalue weighted by atomic mass is 16.5. The molecule has 0 fully saturated rings. The zero-order valence-electron chi connectivity index (χ0n) is 12.5. The fourth-order valence-corrected chi connectivity index (χ4v) is 2.80. The number of benzene rings is 1. The van der Waals surface area contributed by atoms with Gasteiger partial charge in [-0.25, -0.2) is 0 Å². The molecule has 0 spiro atoms. The summed E-state index contributed by atoms with van der Waals surface area (Å²) in [5.41, 5.74) is 2.88. The van der Waals surface area contributed by atoms with Crippen LogP contribution in [0.1, 0.15) is 29.7 Å². The molecule has 5 heteroatoms. The Morgan fingerprint density at radius 2 is 2.33 bits per heavy atom.